The van der Waals surface area contributed by atoms with Crippen molar-refractivity contribution < 1.29 is 18.3 Å². The summed E-state index contributed by atoms with van der Waals surface area (Å²) in [4.78, 5) is 11.2. The molecule has 94 valence electrons. The molecule has 0 bridgehead atoms. The molecule has 0 aliphatic heterocycles. The monoisotopic (exact) mass is 252 g/mol. The van der Waals surface area contributed by atoms with Crippen LogP contribution in [0.1, 0.15) is 15.9 Å². The maximum absolute atomic E-state index is 13.4. The Kier molecular flexibility index (Phi) is 3.36. The minimum absolute atomic E-state index is 0.0422. The van der Waals surface area contributed by atoms with Crippen molar-refractivity contribution in [2.24, 2.45) is 0 Å². The maximum atomic E-state index is 13.4. The quantitative estimate of drug-likeness (QED) is 0.785. The zero-order valence-electron chi connectivity index (χ0n) is 9.56. The Labute approximate surface area is 102 Å². The molecule has 0 atom stereocenters. The van der Waals surface area contributed by atoms with Crippen molar-refractivity contribution in [3.05, 3.63) is 53.4 Å². The smallest absolute Gasteiger partial charge is 0.341 e. The lowest BCUT2D eigenvalue weighted by Gasteiger charge is -2.03. The van der Waals surface area contributed by atoms with E-state index in [0.717, 1.165) is 6.07 Å². The molecule has 0 radical (unpaired) electrons. The van der Waals surface area contributed by atoms with Crippen LogP contribution >= 0.6 is 0 Å². The predicted octanol–water partition coefficient (Wildman–Crippen LogP) is 2.00. The van der Waals surface area contributed by atoms with E-state index in [1.807, 2.05) is 0 Å². The van der Waals surface area contributed by atoms with Crippen molar-refractivity contribution in [2.45, 2.75) is 6.54 Å². The number of carbonyl (C=O) groups excluding carboxylic acids is 1. The summed E-state index contributed by atoms with van der Waals surface area (Å²) in [7, 11) is 1.26. The number of halogens is 2. The van der Waals surface area contributed by atoms with Gasteiger partial charge in [-0.25, -0.2) is 13.6 Å². The van der Waals surface area contributed by atoms with Crippen molar-refractivity contribution in [1.82, 2.24) is 9.78 Å². The van der Waals surface area contributed by atoms with E-state index in [1.54, 1.807) is 0 Å². The topological polar surface area (TPSA) is 44.1 Å². The SMILES string of the molecule is COC(=O)c1cnn(Cc2cccc(F)c2F)c1. The lowest BCUT2D eigenvalue weighted by Crippen LogP contribution is -2.04. The number of benzene rings is 1. The van der Waals surface area contributed by atoms with Gasteiger partial charge in [-0.2, -0.15) is 5.10 Å². The van der Waals surface area contributed by atoms with Crippen LogP contribution in [-0.4, -0.2) is 22.9 Å². The molecule has 0 amide bonds. The number of hydrogen-bond acceptors (Lipinski definition) is 3. The van der Waals surface area contributed by atoms with Gasteiger partial charge in [0.1, 0.15) is 0 Å². The Balaban J connectivity index is 2.21. The van der Waals surface area contributed by atoms with Crippen molar-refractivity contribution >= 4 is 5.97 Å². The molecule has 1 heterocycles. The molecule has 0 spiro atoms. The number of hydrogen-bond donors (Lipinski definition) is 0. The highest BCUT2D eigenvalue weighted by Gasteiger charge is 2.11. The fourth-order valence-corrected chi connectivity index (χ4v) is 1.52. The van der Waals surface area contributed by atoms with Gasteiger partial charge >= 0.3 is 5.97 Å². The first-order valence-electron chi connectivity index (χ1n) is 5.15. The zero-order valence-corrected chi connectivity index (χ0v) is 9.56. The third kappa shape index (κ3) is 2.37. The Morgan fingerprint density at radius 2 is 2.22 bits per heavy atom. The molecule has 0 saturated carbocycles. The first kappa shape index (κ1) is 12.2. The first-order chi connectivity index (χ1) is 8.61. The summed E-state index contributed by atoms with van der Waals surface area (Å²) in [5, 5.41) is 3.88. The highest BCUT2D eigenvalue weighted by molar-refractivity contribution is 5.88. The molecule has 6 heteroatoms. The fourth-order valence-electron chi connectivity index (χ4n) is 1.52. The van der Waals surface area contributed by atoms with E-state index in [1.165, 1.54) is 36.3 Å². The van der Waals surface area contributed by atoms with Crippen LogP contribution in [0.5, 0.6) is 0 Å². The highest BCUT2D eigenvalue weighted by Crippen LogP contribution is 2.13. The van der Waals surface area contributed by atoms with Gasteiger partial charge in [0.15, 0.2) is 11.6 Å². The van der Waals surface area contributed by atoms with Crippen LogP contribution in [0.3, 0.4) is 0 Å². The molecule has 0 saturated heterocycles. The minimum atomic E-state index is -0.910. The Morgan fingerprint density at radius 1 is 1.44 bits per heavy atom. The molecule has 2 rings (SSSR count). The number of ether oxygens (including phenoxy) is 1. The fraction of sp³-hybridized carbons (Fsp3) is 0.167. The first-order valence-corrected chi connectivity index (χ1v) is 5.15. The number of esters is 1. The molecule has 4 nitrogen and oxygen atoms in total. The molecular weight excluding hydrogens is 242 g/mol. The number of carbonyl (C=O) groups is 1. The van der Waals surface area contributed by atoms with Gasteiger partial charge in [0.25, 0.3) is 0 Å². The van der Waals surface area contributed by atoms with Crippen molar-refractivity contribution in [1.29, 1.82) is 0 Å². The van der Waals surface area contributed by atoms with Crippen molar-refractivity contribution in [3.63, 3.8) is 0 Å². The normalized spacial score (nSPS) is 10.4. The number of aromatic nitrogens is 2. The minimum Gasteiger partial charge on any atom is -0.465 e. The van der Waals surface area contributed by atoms with Gasteiger partial charge in [0.2, 0.25) is 0 Å². The van der Waals surface area contributed by atoms with E-state index in [0.29, 0.717) is 0 Å². The molecule has 0 aliphatic rings. The average Bonchev–Trinajstić information content (AvgIpc) is 2.82. The molecule has 1 aromatic heterocycles. The van der Waals surface area contributed by atoms with Gasteiger partial charge in [-0.05, 0) is 6.07 Å². The summed E-state index contributed by atoms with van der Waals surface area (Å²) in [6.45, 7) is 0.0422. The summed E-state index contributed by atoms with van der Waals surface area (Å²) in [6.07, 6.45) is 2.72. The van der Waals surface area contributed by atoms with E-state index in [2.05, 4.69) is 9.84 Å². The molecule has 0 fully saturated rings. The van der Waals surface area contributed by atoms with Crippen molar-refractivity contribution in [2.75, 3.05) is 7.11 Å². The van der Waals surface area contributed by atoms with E-state index in [9.17, 15) is 13.6 Å². The number of rotatable bonds is 3. The number of nitrogens with zero attached hydrogens (tertiary/aromatic N) is 2. The standard InChI is InChI=1S/C12H10F2N2O2/c1-18-12(17)9-5-15-16(7-9)6-8-3-2-4-10(13)11(8)14/h2-5,7H,6H2,1H3. The average molecular weight is 252 g/mol. The summed E-state index contributed by atoms with van der Waals surface area (Å²) >= 11 is 0. The van der Waals surface area contributed by atoms with Crippen LogP contribution in [0.15, 0.2) is 30.6 Å². The summed E-state index contributed by atoms with van der Waals surface area (Å²) in [5.41, 5.74) is 0.420. The zero-order chi connectivity index (χ0) is 13.1. The van der Waals surface area contributed by atoms with Crippen molar-refractivity contribution in [3.8, 4) is 0 Å². The second-order valence-electron chi connectivity index (χ2n) is 3.63. The van der Waals surface area contributed by atoms with Crippen LogP contribution in [0.2, 0.25) is 0 Å². The van der Waals surface area contributed by atoms with Crippen LogP contribution in [-0.2, 0) is 11.3 Å². The summed E-state index contributed by atoms with van der Waals surface area (Å²) < 4.78 is 32.3. The second-order valence-corrected chi connectivity index (χ2v) is 3.63. The molecule has 0 unspecified atom stereocenters. The molecular formula is C12H10F2N2O2. The molecule has 1 aromatic carbocycles. The van der Waals surface area contributed by atoms with Crippen LogP contribution in [0.4, 0.5) is 8.78 Å². The van der Waals surface area contributed by atoms with E-state index < -0.39 is 17.6 Å². The molecule has 2 aromatic rings. The molecule has 18 heavy (non-hydrogen) atoms. The van der Waals surface area contributed by atoms with Crippen LogP contribution in [0.25, 0.3) is 0 Å². The lowest BCUT2D eigenvalue weighted by molar-refractivity contribution is 0.0600. The Morgan fingerprint density at radius 3 is 2.94 bits per heavy atom. The number of methoxy groups -OCH3 is 1. The Hall–Kier alpha value is -2.24. The highest BCUT2D eigenvalue weighted by atomic mass is 19.2. The van der Waals surface area contributed by atoms with Gasteiger partial charge in [0.05, 0.1) is 25.4 Å². The third-order valence-corrected chi connectivity index (χ3v) is 2.42. The van der Waals surface area contributed by atoms with E-state index in [4.69, 9.17) is 0 Å². The second kappa shape index (κ2) is 4.95. The lowest BCUT2D eigenvalue weighted by atomic mass is 10.2. The van der Waals surface area contributed by atoms with Crippen LogP contribution < -0.4 is 0 Å². The van der Waals surface area contributed by atoms with Gasteiger partial charge < -0.3 is 4.74 Å². The summed E-state index contributed by atoms with van der Waals surface area (Å²) in [6, 6.07) is 3.91. The summed E-state index contributed by atoms with van der Waals surface area (Å²) in [5.74, 6) is -2.35. The van der Waals surface area contributed by atoms with Gasteiger partial charge in [0, 0.05) is 11.8 Å². The largest absolute Gasteiger partial charge is 0.465 e. The third-order valence-electron chi connectivity index (χ3n) is 2.42. The van der Waals surface area contributed by atoms with E-state index in [-0.39, 0.29) is 17.7 Å². The maximum Gasteiger partial charge on any atom is 0.341 e. The molecule has 0 N–H and O–H groups in total. The van der Waals surface area contributed by atoms with Crippen LogP contribution in [0, 0.1) is 11.6 Å². The van der Waals surface area contributed by atoms with Gasteiger partial charge in [-0.15, -0.1) is 0 Å². The molecule has 0 aliphatic carbocycles. The van der Waals surface area contributed by atoms with E-state index >= 15 is 0 Å². The predicted molar refractivity (Wildman–Crippen MR) is 59.0 cm³/mol. The Bertz CT molecular complexity index is 581. The van der Waals surface area contributed by atoms with Gasteiger partial charge in [-0.3, -0.25) is 4.68 Å². The van der Waals surface area contributed by atoms with Gasteiger partial charge in [-0.1, -0.05) is 12.1 Å².